The SMILES string of the molecule is CCCOc1cncc(C(=O)c2cc(C)cc(Br)c2)c1. The minimum absolute atomic E-state index is 0.0520. The molecule has 0 aliphatic heterocycles. The van der Waals surface area contributed by atoms with Crippen LogP contribution in [0.2, 0.25) is 0 Å². The van der Waals surface area contributed by atoms with E-state index in [-0.39, 0.29) is 5.78 Å². The van der Waals surface area contributed by atoms with Gasteiger partial charge in [0, 0.05) is 21.8 Å². The molecule has 20 heavy (non-hydrogen) atoms. The van der Waals surface area contributed by atoms with E-state index in [2.05, 4.69) is 20.9 Å². The summed E-state index contributed by atoms with van der Waals surface area (Å²) in [7, 11) is 0. The maximum atomic E-state index is 12.5. The highest BCUT2D eigenvalue weighted by molar-refractivity contribution is 9.10. The summed E-state index contributed by atoms with van der Waals surface area (Å²) in [6.45, 7) is 4.61. The Kier molecular flexibility index (Phi) is 4.90. The molecule has 1 heterocycles. The number of ketones is 1. The molecule has 0 fully saturated rings. The van der Waals surface area contributed by atoms with Crippen LogP contribution in [-0.2, 0) is 0 Å². The van der Waals surface area contributed by atoms with Gasteiger partial charge in [0.25, 0.3) is 0 Å². The van der Waals surface area contributed by atoms with Crippen molar-refractivity contribution in [1.29, 1.82) is 0 Å². The van der Waals surface area contributed by atoms with Crippen LogP contribution in [-0.4, -0.2) is 17.4 Å². The normalized spacial score (nSPS) is 10.3. The third-order valence-electron chi connectivity index (χ3n) is 2.75. The van der Waals surface area contributed by atoms with E-state index in [9.17, 15) is 4.79 Å². The molecule has 0 amide bonds. The van der Waals surface area contributed by atoms with Gasteiger partial charge in [-0.1, -0.05) is 22.9 Å². The molecule has 1 aromatic heterocycles. The highest BCUT2D eigenvalue weighted by Crippen LogP contribution is 2.20. The zero-order valence-corrected chi connectivity index (χ0v) is 13.1. The van der Waals surface area contributed by atoms with Crippen LogP contribution >= 0.6 is 15.9 Å². The topological polar surface area (TPSA) is 39.2 Å². The van der Waals surface area contributed by atoms with Gasteiger partial charge in [-0.3, -0.25) is 9.78 Å². The minimum Gasteiger partial charge on any atom is -0.492 e. The highest BCUT2D eigenvalue weighted by atomic mass is 79.9. The fraction of sp³-hybridized carbons (Fsp3) is 0.250. The summed E-state index contributed by atoms with van der Waals surface area (Å²) in [5.41, 5.74) is 2.22. The van der Waals surface area contributed by atoms with Crippen molar-refractivity contribution in [2.45, 2.75) is 20.3 Å². The van der Waals surface area contributed by atoms with E-state index < -0.39 is 0 Å². The van der Waals surface area contributed by atoms with Crippen LogP contribution in [0.15, 0.2) is 41.1 Å². The van der Waals surface area contributed by atoms with E-state index in [1.165, 1.54) is 0 Å². The number of benzene rings is 1. The van der Waals surface area contributed by atoms with Crippen molar-refractivity contribution in [3.63, 3.8) is 0 Å². The van der Waals surface area contributed by atoms with Crippen LogP contribution in [0.5, 0.6) is 5.75 Å². The van der Waals surface area contributed by atoms with Crippen molar-refractivity contribution >= 4 is 21.7 Å². The molecule has 0 aliphatic carbocycles. The Bertz CT molecular complexity index is 605. The lowest BCUT2D eigenvalue weighted by molar-refractivity contribution is 0.103. The number of halogens is 1. The first-order valence-corrected chi connectivity index (χ1v) is 7.29. The lowest BCUT2D eigenvalue weighted by Gasteiger charge is -2.07. The predicted octanol–water partition coefficient (Wildman–Crippen LogP) is 4.17. The standard InChI is InChI=1S/C16H16BrNO2/c1-3-4-20-15-8-13(9-18-10-15)16(19)12-5-11(2)6-14(17)7-12/h5-10H,3-4H2,1-2H3. The van der Waals surface area contributed by atoms with Crippen molar-refractivity contribution < 1.29 is 9.53 Å². The molecule has 0 saturated carbocycles. The Hall–Kier alpha value is -1.68. The molecule has 3 nitrogen and oxygen atoms in total. The summed E-state index contributed by atoms with van der Waals surface area (Å²) in [6, 6.07) is 7.39. The zero-order chi connectivity index (χ0) is 14.5. The molecule has 0 spiro atoms. The maximum Gasteiger partial charge on any atom is 0.194 e. The molecule has 0 N–H and O–H groups in total. The van der Waals surface area contributed by atoms with E-state index in [1.54, 1.807) is 18.5 Å². The Labute approximate surface area is 127 Å². The number of rotatable bonds is 5. The number of aromatic nitrogens is 1. The molecule has 1 aromatic carbocycles. The van der Waals surface area contributed by atoms with Gasteiger partial charge in [0.15, 0.2) is 5.78 Å². The number of carbonyl (C=O) groups is 1. The lowest BCUT2D eigenvalue weighted by atomic mass is 10.0. The fourth-order valence-electron chi connectivity index (χ4n) is 1.88. The smallest absolute Gasteiger partial charge is 0.194 e. The monoisotopic (exact) mass is 333 g/mol. The number of pyridine rings is 1. The Balaban J connectivity index is 2.28. The number of nitrogens with zero attached hydrogens (tertiary/aromatic N) is 1. The molecule has 0 radical (unpaired) electrons. The third kappa shape index (κ3) is 3.67. The quantitative estimate of drug-likeness (QED) is 0.771. The first-order valence-electron chi connectivity index (χ1n) is 6.50. The Morgan fingerprint density at radius 2 is 2.00 bits per heavy atom. The van der Waals surface area contributed by atoms with E-state index in [4.69, 9.17) is 4.74 Å². The Morgan fingerprint density at radius 1 is 1.20 bits per heavy atom. The molecule has 104 valence electrons. The Morgan fingerprint density at radius 3 is 2.70 bits per heavy atom. The molecule has 0 unspecified atom stereocenters. The lowest BCUT2D eigenvalue weighted by Crippen LogP contribution is -2.04. The largest absolute Gasteiger partial charge is 0.492 e. The first-order chi connectivity index (χ1) is 9.60. The van der Waals surface area contributed by atoms with Gasteiger partial charge >= 0.3 is 0 Å². The second-order valence-corrected chi connectivity index (χ2v) is 5.52. The minimum atomic E-state index is -0.0520. The zero-order valence-electron chi connectivity index (χ0n) is 11.5. The van der Waals surface area contributed by atoms with Gasteiger partial charge in [-0.25, -0.2) is 0 Å². The molecule has 0 bridgehead atoms. The maximum absolute atomic E-state index is 12.5. The van der Waals surface area contributed by atoms with Gasteiger partial charge in [0.2, 0.25) is 0 Å². The van der Waals surface area contributed by atoms with E-state index in [0.717, 1.165) is 16.5 Å². The first kappa shape index (κ1) is 14.7. The summed E-state index contributed by atoms with van der Waals surface area (Å²) in [5.74, 6) is 0.577. The predicted molar refractivity (Wildman–Crippen MR) is 82.3 cm³/mol. The molecule has 0 aliphatic rings. The number of carbonyl (C=O) groups excluding carboxylic acids is 1. The number of aryl methyl sites for hydroxylation is 1. The van der Waals surface area contributed by atoms with Crippen LogP contribution in [0.4, 0.5) is 0 Å². The fourth-order valence-corrected chi connectivity index (χ4v) is 2.48. The second-order valence-electron chi connectivity index (χ2n) is 4.60. The molecule has 2 rings (SSSR count). The molecule has 4 heteroatoms. The van der Waals surface area contributed by atoms with Gasteiger partial charge in [-0.05, 0) is 43.2 Å². The van der Waals surface area contributed by atoms with Gasteiger partial charge < -0.3 is 4.74 Å². The summed E-state index contributed by atoms with van der Waals surface area (Å²) < 4.78 is 6.40. The summed E-state index contributed by atoms with van der Waals surface area (Å²) >= 11 is 3.41. The van der Waals surface area contributed by atoms with Crippen LogP contribution in [0.3, 0.4) is 0 Å². The van der Waals surface area contributed by atoms with Crippen molar-refractivity contribution in [2.75, 3.05) is 6.61 Å². The average Bonchev–Trinajstić information content (AvgIpc) is 2.43. The summed E-state index contributed by atoms with van der Waals surface area (Å²) in [6.07, 6.45) is 4.11. The second kappa shape index (κ2) is 6.66. The van der Waals surface area contributed by atoms with Crippen LogP contribution in [0.1, 0.15) is 34.8 Å². The van der Waals surface area contributed by atoms with Crippen molar-refractivity contribution in [3.05, 3.63) is 57.8 Å². The van der Waals surface area contributed by atoms with Crippen molar-refractivity contribution in [2.24, 2.45) is 0 Å². The molecular formula is C16H16BrNO2. The van der Waals surface area contributed by atoms with Gasteiger partial charge in [-0.15, -0.1) is 0 Å². The van der Waals surface area contributed by atoms with Crippen LogP contribution in [0.25, 0.3) is 0 Å². The molecular weight excluding hydrogens is 318 g/mol. The number of hydrogen-bond acceptors (Lipinski definition) is 3. The van der Waals surface area contributed by atoms with Crippen LogP contribution in [0, 0.1) is 6.92 Å². The number of ether oxygens (including phenoxy) is 1. The van der Waals surface area contributed by atoms with Crippen molar-refractivity contribution in [3.8, 4) is 5.75 Å². The van der Waals surface area contributed by atoms with E-state index >= 15 is 0 Å². The molecule has 2 aromatic rings. The van der Waals surface area contributed by atoms with E-state index in [1.807, 2.05) is 32.0 Å². The molecule has 0 saturated heterocycles. The van der Waals surface area contributed by atoms with Gasteiger partial charge in [0.05, 0.1) is 12.8 Å². The third-order valence-corrected chi connectivity index (χ3v) is 3.21. The number of hydrogen-bond donors (Lipinski definition) is 0. The van der Waals surface area contributed by atoms with Gasteiger partial charge in [-0.2, -0.15) is 0 Å². The average molecular weight is 334 g/mol. The highest BCUT2D eigenvalue weighted by Gasteiger charge is 2.11. The summed E-state index contributed by atoms with van der Waals surface area (Å²) in [5, 5.41) is 0. The van der Waals surface area contributed by atoms with E-state index in [0.29, 0.717) is 23.5 Å². The summed E-state index contributed by atoms with van der Waals surface area (Å²) in [4.78, 5) is 16.5. The van der Waals surface area contributed by atoms with Gasteiger partial charge in [0.1, 0.15) is 5.75 Å². The van der Waals surface area contributed by atoms with Crippen molar-refractivity contribution in [1.82, 2.24) is 4.98 Å². The molecule has 0 atom stereocenters. The van der Waals surface area contributed by atoms with Crippen LogP contribution < -0.4 is 4.74 Å².